The number of urea groups is 1. The number of nitrogens with one attached hydrogen (secondary N) is 2. The van der Waals surface area contributed by atoms with Crippen molar-refractivity contribution in [2.45, 2.75) is 13.0 Å². The number of aliphatic hydroxyl groups excluding tert-OH is 1. The van der Waals surface area contributed by atoms with Gasteiger partial charge in [0.15, 0.2) is 6.10 Å². The van der Waals surface area contributed by atoms with Gasteiger partial charge in [0.05, 0.1) is 13.2 Å². The SMILES string of the molecule is CCOc1ccc(NC(=O)NCC(O)C(=O)O)cc1. The first-order valence-electron chi connectivity index (χ1n) is 5.71. The molecule has 0 aromatic heterocycles. The Labute approximate surface area is 110 Å². The van der Waals surface area contributed by atoms with Gasteiger partial charge in [-0.3, -0.25) is 0 Å². The van der Waals surface area contributed by atoms with Crippen molar-refractivity contribution in [1.29, 1.82) is 0 Å². The minimum atomic E-state index is -1.62. The molecule has 0 aliphatic heterocycles. The molecular formula is C12H16N2O5. The minimum absolute atomic E-state index is 0.363. The molecule has 0 spiro atoms. The summed E-state index contributed by atoms with van der Waals surface area (Å²) in [5, 5.41) is 22.1. The second kappa shape index (κ2) is 7.22. The number of carboxylic acid groups (broad SMARTS) is 1. The fraction of sp³-hybridized carbons (Fsp3) is 0.333. The largest absolute Gasteiger partial charge is 0.494 e. The van der Waals surface area contributed by atoms with Crippen molar-refractivity contribution >= 4 is 17.7 Å². The van der Waals surface area contributed by atoms with Crippen molar-refractivity contribution in [3.8, 4) is 5.75 Å². The van der Waals surface area contributed by atoms with Gasteiger partial charge in [-0.25, -0.2) is 9.59 Å². The summed E-state index contributed by atoms with van der Waals surface area (Å²) in [5.41, 5.74) is 0.533. The Morgan fingerprint density at radius 3 is 2.47 bits per heavy atom. The van der Waals surface area contributed by atoms with Gasteiger partial charge in [-0.2, -0.15) is 0 Å². The Hall–Kier alpha value is -2.28. The second-order valence-electron chi connectivity index (χ2n) is 3.65. The van der Waals surface area contributed by atoms with Crippen molar-refractivity contribution in [3.63, 3.8) is 0 Å². The molecule has 1 aromatic rings. The average Bonchev–Trinajstić information content (AvgIpc) is 2.38. The summed E-state index contributed by atoms with van der Waals surface area (Å²) in [6, 6.07) is 6.11. The molecule has 19 heavy (non-hydrogen) atoms. The molecule has 0 heterocycles. The van der Waals surface area contributed by atoms with Crippen LogP contribution in [0.3, 0.4) is 0 Å². The molecule has 1 aromatic carbocycles. The van der Waals surface area contributed by atoms with Crippen molar-refractivity contribution in [1.82, 2.24) is 5.32 Å². The normalized spacial score (nSPS) is 11.5. The van der Waals surface area contributed by atoms with Crippen LogP contribution in [0.4, 0.5) is 10.5 Å². The molecule has 0 saturated heterocycles. The number of ether oxygens (including phenoxy) is 1. The smallest absolute Gasteiger partial charge is 0.334 e. The van der Waals surface area contributed by atoms with Crippen molar-refractivity contribution in [2.24, 2.45) is 0 Å². The van der Waals surface area contributed by atoms with E-state index in [9.17, 15) is 9.59 Å². The van der Waals surface area contributed by atoms with E-state index < -0.39 is 18.1 Å². The highest BCUT2D eigenvalue weighted by atomic mass is 16.5. The van der Waals surface area contributed by atoms with Crippen LogP contribution in [0.25, 0.3) is 0 Å². The fourth-order valence-corrected chi connectivity index (χ4v) is 1.25. The number of amides is 2. The van der Waals surface area contributed by atoms with E-state index in [1.165, 1.54) is 0 Å². The maximum absolute atomic E-state index is 11.4. The van der Waals surface area contributed by atoms with Crippen LogP contribution in [-0.2, 0) is 4.79 Å². The van der Waals surface area contributed by atoms with E-state index in [0.717, 1.165) is 0 Å². The molecule has 0 fully saturated rings. The van der Waals surface area contributed by atoms with Crippen LogP contribution < -0.4 is 15.4 Å². The fourth-order valence-electron chi connectivity index (χ4n) is 1.25. The highest BCUT2D eigenvalue weighted by molar-refractivity contribution is 5.89. The molecule has 1 atom stereocenters. The van der Waals surface area contributed by atoms with E-state index in [1.54, 1.807) is 24.3 Å². The van der Waals surface area contributed by atoms with Gasteiger partial charge in [-0.1, -0.05) is 0 Å². The van der Waals surface area contributed by atoms with Crippen LogP contribution in [0.5, 0.6) is 5.75 Å². The number of anilines is 1. The third kappa shape index (κ3) is 5.26. The minimum Gasteiger partial charge on any atom is -0.494 e. The molecule has 7 heteroatoms. The summed E-state index contributed by atoms with van der Waals surface area (Å²) < 4.78 is 5.24. The Bertz CT molecular complexity index is 432. The molecule has 7 nitrogen and oxygen atoms in total. The molecule has 0 aliphatic carbocycles. The molecule has 1 unspecified atom stereocenters. The number of hydrogen-bond acceptors (Lipinski definition) is 4. The van der Waals surface area contributed by atoms with E-state index in [4.69, 9.17) is 14.9 Å². The maximum Gasteiger partial charge on any atom is 0.334 e. The lowest BCUT2D eigenvalue weighted by Crippen LogP contribution is -2.38. The predicted molar refractivity (Wildman–Crippen MR) is 68.3 cm³/mol. The lowest BCUT2D eigenvalue weighted by molar-refractivity contribution is -0.146. The lowest BCUT2D eigenvalue weighted by atomic mass is 10.3. The number of carbonyl (C=O) groups excluding carboxylic acids is 1. The second-order valence-corrected chi connectivity index (χ2v) is 3.65. The molecule has 0 bridgehead atoms. The molecule has 104 valence electrons. The van der Waals surface area contributed by atoms with Gasteiger partial charge in [0.2, 0.25) is 0 Å². The average molecular weight is 268 g/mol. The molecule has 0 aliphatic rings. The molecule has 0 saturated carbocycles. The standard InChI is InChI=1S/C12H16N2O5/c1-2-19-9-5-3-8(4-6-9)14-12(18)13-7-10(15)11(16)17/h3-6,10,15H,2,7H2,1H3,(H,16,17)(H2,13,14,18). The van der Waals surface area contributed by atoms with Crippen molar-refractivity contribution in [3.05, 3.63) is 24.3 Å². The molecule has 1 rings (SSSR count). The molecule has 2 amide bonds. The molecule has 4 N–H and O–H groups in total. The highest BCUT2D eigenvalue weighted by Gasteiger charge is 2.13. The van der Waals surface area contributed by atoms with E-state index >= 15 is 0 Å². The van der Waals surface area contributed by atoms with Crippen LogP contribution >= 0.6 is 0 Å². The summed E-state index contributed by atoms with van der Waals surface area (Å²) in [6.45, 7) is 2.06. The first kappa shape index (κ1) is 14.8. The Kier molecular flexibility index (Phi) is 5.62. The van der Waals surface area contributed by atoms with Crippen molar-refractivity contribution in [2.75, 3.05) is 18.5 Å². The summed E-state index contributed by atoms with van der Waals surface area (Å²) >= 11 is 0. The van der Waals surface area contributed by atoms with E-state index in [1.807, 2.05) is 6.92 Å². The summed E-state index contributed by atoms with van der Waals surface area (Å²) in [6.07, 6.45) is -1.62. The van der Waals surface area contributed by atoms with E-state index in [2.05, 4.69) is 10.6 Å². The van der Waals surface area contributed by atoms with Gasteiger partial charge in [0, 0.05) is 5.69 Å². The number of aliphatic hydroxyl groups is 1. The van der Waals surface area contributed by atoms with Crippen molar-refractivity contribution < 1.29 is 24.5 Å². The zero-order chi connectivity index (χ0) is 14.3. The number of aliphatic carboxylic acids is 1. The Morgan fingerprint density at radius 1 is 1.32 bits per heavy atom. The van der Waals surface area contributed by atoms with Gasteiger partial charge in [0.25, 0.3) is 0 Å². The Balaban J connectivity index is 2.41. The third-order valence-electron chi connectivity index (χ3n) is 2.16. The zero-order valence-corrected chi connectivity index (χ0v) is 10.4. The van der Waals surface area contributed by atoms with Crippen LogP contribution in [0.1, 0.15) is 6.92 Å². The van der Waals surface area contributed by atoms with Gasteiger partial charge < -0.3 is 25.6 Å². The lowest BCUT2D eigenvalue weighted by Gasteiger charge is -2.10. The highest BCUT2D eigenvalue weighted by Crippen LogP contribution is 2.15. The van der Waals surface area contributed by atoms with Crippen LogP contribution in [0, 0.1) is 0 Å². The van der Waals surface area contributed by atoms with E-state index in [-0.39, 0.29) is 6.54 Å². The monoisotopic (exact) mass is 268 g/mol. The summed E-state index contributed by atoms with van der Waals surface area (Å²) in [4.78, 5) is 21.7. The van der Waals surface area contributed by atoms with Crippen LogP contribution in [-0.4, -0.2) is 41.5 Å². The maximum atomic E-state index is 11.4. The van der Waals surface area contributed by atoms with Gasteiger partial charge in [-0.15, -0.1) is 0 Å². The molecule has 0 radical (unpaired) electrons. The van der Waals surface area contributed by atoms with E-state index in [0.29, 0.717) is 18.0 Å². The number of carboxylic acids is 1. The number of hydrogen-bond donors (Lipinski definition) is 4. The zero-order valence-electron chi connectivity index (χ0n) is 10.4. The third-order valence-corrected chi connectivity index (χ3v) is 2.16. The topological polar surface area (TPSA) is 108 Å². The summed E-state index contributed by atoms with van der Waals surface area (Å²) in [7, 11) is 0. The van der Waals surface area contributed by atoms with Gasteiger partial charge in [0.1, 0.15) is 5.75 Å². The first-order valence-corrected chi connectivity index (χ1v) is 5.71. The van der Waals surface area contributed by atoms with Crippen LogP contribution in [0.15, 0.2) is 24.3 Å². The first-order chi connectivity index (χ1) is 9.02. The predicted octanol–water partition coefficient (Wildman–Crippen LogP) is 0.652. The number of benzene rings is 1. The van der Waals surface area contributed by atoms with Crippen LogP contribution in [0.2, 0.25) is 0 Å². The van der Waals surface area contributed by atoms with Gasteiger partial charge in [-0.05, 0) is 31.2 Å². The number of rotatable bonds is 6. The van der Waals surface area contributed by atoms with Gasteiger partial charge >= 0.3 is 12.0 Å². The molecular weight excluding hydrogens is 252 g/mol. The Morgan fingerprint density at radius 2 is 1.95 bits per heavy atom. The number of carbonyl (C=O) groups is 2. The quantitative estimate of drug-likeness (QED) is 0.606. The summed E-state index contributed by atoms with van der Waals surface area (Å²) in [5.74, 6) is -0.698.